The Morgan fingerprint density at radius 2 is 0.540 bits per heavy atom. The minimum atomic E-state index is 0.469. The molecule has 100 heavy (non-hydrogen) atoms. The Morgan fingerprint density at radius 3 is 1.02 bits per heavy atom. The van der Waals surface area contributed by atoms with Crippen molar-refractivity contribution in [3.8, 4) is 169 Å². The molecule has 20 rings (SSSR count). The molecule has 6 heterocycles. The summed E-state index contributed by atoms with van der Waals surface area (Å²) in [7, 11) is 0. The predicted molar refractivity (Wildman–Crippen MR) is 405 cm³/mol. The van der Waals surface area contributed by atoms with E-state index in [4.69, 9.17) is 34.9 Å². The van der Waals surface area contributed by atoms with Crippen LogP contribution < -0.4 is 0 Å². The molecular formula is C91H53N9. The summed E-state index contributed by atoms with van der Waals surface area (Å²) >= 11 is 0. The fourth-order valence-corrected chi connectivity index (χ4v) is 15.7. The van der Waals surface area contributed by atoms with Crippen molar-refractivity contribution >= 4 is 43.1 Å². The molecule has 462 valence electrons. The number of aromatic nitrogens is 9. The van der Waals surface area contributed by atoms with E-state index in [1.807, 2.05) is 73.1 Å². The quantitative estimate of drug-likeness (QED) is 0.125. The van der Waals surface area contributed by atoms with Gasteiger partial charge in [-0.05, 0) is 204 Å². The van der Waals surface area contributed by atoms with Crippen LogP contribution in [0.3, 0.4) is 0 Å². The number of pyridine rings is 4. The number of rotatable bonds is 11. The number of benzene rings is 12. The largest absolute Gasteiger partial charge is 0.255 e. The summed E-state index contributed by atoms with van der Waals surface area (Å²) in [4.78, 5) is 46.1. The van der Waals surface area contributed by atoms with Crippen LogP contribution in [0.5, 0.6) is 0 Å². The van der Waals surface area contributed by atoms with Crippen molar-refractivity contribution < 1.29 is 0 Å². The van der Waals surface area contributed by atoms with Gasteiger partial charge in [0.15, 0.2) is 23.3 Å². The van der Waals surface area contributed by atoms with Gasteiger partial charge in [-0.25, -0.2) is 24.9 Å². The summed E-state index contributed by atoms with van der Waals surface area (Å²) < 4.78 is 0. The molecule has 0 spiro atoms. The highest BCUT2D eigenvalue weighted by molar-refractivity contribution is 6.31. The van der Waals surface area contributed by atoms with Crippen LogP contribution >= 0.6 is 0 Å². The second-order valence-corrected chi connectivity index (χ2v) is 25.4. The van der Waals surface area contributed by atoms with E-state index in [-0.39, 0.29) is 0 Å². The Labute approximate surface area is 575 Å². The molecule has 9 nitrogen and oxygen atoms in total. The molecule has 2 aliphatic carbocycles. The normalized spacial score (nSPS) is 11.8. The fraction of sp³-hybridized carbons (Fsp3) is 0. The lowest BCUT2D eigenvalue weighted by molar-refractivity contribution is 1.05. The molecule has 6 aromatic heterocycles. The van der Waals surface area contributed by atoms with Gasteiger partial charge in [-0.15, -0.1) is 0 Å². The zero-order valence-corrected chi connectivity index (χ0v) is 53.6. The van der Waals surface area contributed by atoms with Crippen LogP contribution in [-0.4, -0.2) is 44.9 Å². The van der Waals surface area contributed by atoms with Crippen LogP contribution in [-0.2, 0) is 0 Å². The Balaban J connectivity index is 0.790. The van der Waals surface area contributed by atoms with Crippen molar-refractivity contribution in [2.45, 2.75) is 0 Å². The van der Waals surface area contributed by atoms with Crippen molar-refractivity contribution in [3.63, 3.8) is 0 Å². The number of fused-ring (bicyclic) bond motifs is 8. The lowest BCUT2D eigenvalue weighted by Crippen LogP contribution is -2.02. The summed E-state index contributed by atoms with van der Waals surface area (Å²) in [5.74, 6) is 2.05. The maximum atomic E-state index is 5.66. The van der Waals surface area contributed by atoms with Gasteiger partial charge in [0, 0.05) is 41.5 Å². The summed E-state index contributed by atoms with van der Waals surface area (Å²) in [6, 6.07) is 105. The van der Waals surface area contributed by atoms with Gasteiger partial charge < -0.3 is 0 Å². The van der Waals surface area contributed by atoms with Crippen molar-refractivity contribution in [1.82, 2.24) is 44.9 Å². The second-order valence-electron chi connectivity index (χ2n) is 25.4. The van der Waals surface area contributed by atoms with Crippen molar-refractivity contribution in [3.05, 3.63) is 322 Å². The van der Waals surface area contributed by atoms with Crippen LogP contribution in [0.1, 0.15) is 0 Å². The standard InChI is InChI=1S/C91H53N9/c1-5-24-54(25-6-1)77-60-32-13-14-33-61(60)78(55-26-7-2-8-27-55)85-69-46-44-65(62-34-21-36-67(81(62)69)83(77)85)88-96-75(72-39-15-18-48-92-72)53-76(97-88)87-59(38-23-51-95-87)58-42-43-64-71(52-58)80(57-30-11-4-12-31-57)84-68-37-22-35-63-66(45-47-70(82(63)68)86(84)79(64)56-28-9-3-10-29-56)89-98-90(73-40-16-19-49-93-73)100-91(99-89)74-41-17-20-50-94-74/h1-53H. The first-order valence-electron chi connectivity index (χ1n) is 33.6. The average molecular weight is 1270 g/mol. The summed E-state index contributed by atoms with van der Waals surface area (Å²) in [6.45, 7) is 0. The Hall–Kier alpha value is -13.6. The zero-order chi connectivity index (χ0) is 65.8. The van der Waals surface area contributed by atoms with Crippen LogP contribution in [0.2, 0.25) is 0 Å². The van der Waals surface area contributed by atoms with E-state index in [1.165, 1.54) is 66.2 Å². The van der Waals surface area contributed by atoms with Gasteiger partial charge in [0.1, 0.15) is 11.4 Å². The molecule has 0 unspecified atom stereocenters. The predicted octanol–water partition coefficient (Wildman–Crippen LogP) is 22.5. The summed E-state index contributed by atoms with van der Waals surface area (Å²) in [5, 5.41) is 9.04. The molecule has 0 aliphatic heterocycles. The molecule has 0 bridgehead atoms. The van der Waals surface area contributed by atoms with Crippen LogP contribution in [0.4, 0.5) is 0 Å². The molecule has 0 saturated carbocycles. The van der Waals surface area contributed by atoms with Gasteiger partial charge in [0.05, 0.1) is 22.8 Å². The molecule has 0 N–H and O–H groups in total. The molecule has 0 atom stereocenters. The minimum absolute atomic E-state index is 0.469. The Kier molecular flexibility index (Phi) is 13.1. The van der Waals surface area contributed by atoms with Crippen LogP contribution in [0.15, 0.2) is 322 Å². The average Bonchev–Trinajstić information content (AvgIpc) is 1.54. The second kappa shape index (κ2) is 23.0. The van der Waals surface area contributed by atoms with Crippen molar-refractivity contribution in [1.29, 1.82) is 0 Å². The zero-order valence-electron chi connectivity index (χ0n) is 53.6. The first kappa shape index (κ1) is 56.7. The highest BCUT2D eigenvalue weighted by atomic mass is 15.1. The first-order valence-corrected chi connectivity index (χ1v) is 33.6. The van der Waals surface area contributed by atoms with Gasteiger partial charge >= 0.3 is 0 Å². The van der Waals surface area contributed by atoms with E-state index in [2.05, 4.69) is 247 Å². The maximum absolute atomic E-state index is 5.66. The monoisotopic (exact) mass is 1270 g/mol. The van der Waals surface area contributed by atoms with E-state index in [0.29, 0.717) is 46.1 Å². The third-order valence-corrected chi connectivity index (χ3v) is 19.9. The Morgan fingerprint density at radius 1 is 0.170 bits per heavy atom. The molecule has 0 amide bonds. The fourth-order valence-electron chi connectivity index (χ4n) is 15.7. The topological polar surface area (TPSA) is 116 Å². The molecule has 0 fully saturated rings. The van der Waals surface area contributed by atoms with E-state index in [0.717, 1.165) is 99.5 Å². The summed E-state index contributed by atoms with van der Waals surface area (Å²) in [6.07, 6.45) is 7.22. The molecular weight excluding hydrogens is 1220 g/mol. The Bertz CT molecular complexity index is 6200. The third kappa shape index (κ3) is 8.99. The van der Waals surface area contributed by atoms with E-state index >= 15 is 0 Å². The van der Waals surface area contributed by atoms with Gasteiger partial charge in [0.2, 0.25) is 0 Å². The maximum Gasteiger partial charge on any atom is 0.182 e. The van der Waals surface area contributed by atoms with Gasteiger partial charge in [-0.3, -0.25) is 19.9 Å². The van der Waals surface area contributed by atoms with E-state index in [1.54, 1.807) is 12.4 Å². The van der Waals surface area contributed by atoms with Gasteiger partial charge in [-0.1, -0.05) is 231 Å². The van der Waals surface area contributed by atoms with Crippen molar-refractivity contribution in [2.24, 2.45) is 0 Å². The van der Waals surface area contributed by atoms with Gasteiger partial charge in [-0.2, -0.15) is 0 Å². The lowest BCUT2D eigenvalue weighted by atomic mass is 9.81. The van der Waals surface area contributed by atoms with E-state index in [9.17, 15) is 0 Å². The molecule has 9 heteroatoms. The first-order chi connectivity index (χ1) is 49.6. The molecule has 0 radical (unpaired) electrons. The van der Waals surface area contributed by atoms with E-state index < -0.39 is 0 Å². The molecule has 0 saturated heterocycles. The highest BCUT2D eigenvalue weighted by Gasteiger charge is 2.35. The number of nitrogens with zero attached hydrogens (tertiary/aromatic N) is 9. The lowest BCUT2D eigenvalue weighted by Gasteiger charge is -2.21. The number of hydrogen-bond acceptors (Lipinski definition) is 9. The number of hydrogen-bond donors (Lipinski definition) is 0. The summed E-state index contributed by atoms with van der Waals surface area (Å²) in [5.41, 5.74) is 26.5. The van der Waals surface area contributed by atoms with Crippen LogP contribution in [0, 0.1) is 0 Å². The SMILES string of the molecule is c1ccc(-c2c3c(c(-c4ccccc4)c4ccccc24)-c2ccc(-c4nc(-c5ccccn5)cc(-c5ncccc5-c5ccc6c(-c7ccccc7)c7c(c(-c8ccccc8)c6c5)-c5cccc6c(-c8nc(-c9ccccn9)nc(-c9ccccn9)n8)ccc-7c56)n4)c4cccc-3c24)cc1. The highest BCUT2D eigenvalue weighted by Crippen LogP contribution is 2.61. The smallest absolute Gasteiger partial charge is 0.182 e. The molecule has 2 aliphatic rings. The van der Waals surface area contributed by atoms with Crippen molar-refractivity contribution in [2.75, 3.05) is 0 Å². The van der Waals surface area contributed by atoms with Gasteiger partial charge in [0.25, 0.3) is 0 Å². The molecule has 18 aromatic rings. The third-order valence-electron chi connectivity index (χ3n) is 19.9. The molecule has 12 aromatic carbocycles. The minimum Gasteiger partial charge on any atom is -0.255 e. The van der Waals surface area contributed by atoms with Crippen LogP contribution in [0.25, 0.3) is 212 Å².